The molecule has 0 spiro atoms. The molecule has 14 heavy (non-hydrogen) atoms. The Bertz CT molecular complexity index is 338. The van der Waals surface area contributed by atoms with Crippen molar-refractivity contribution in [3.63, 3.8) is 0 Å². The van der Waals surface area contributed by atoms with E-state index < -0.39 is 16.7 Å². The van der Waals surface area contributed by atoms with E-state index in [4.69, 9.17) is 0 Å². The molecule has 0 aromatic carbocycles. The number of halogens is 3. The van der Waals surface area contributed by atoms with Crippen molar-refractivity contribution < 1.29 is 18.3 Å². The molecule has 1 saturated carbocycles. The number of rotatable bonds is 1. The van der Waals surface area contributed by atoms with E-state index in [1.54, 1.807) is 0 Å². The fourth-order valence-corrected chi connectivity index (χ4v) is 2.52. The summed E-state index contributed by atoms with van der Waals surface area (Å²) in [5.41, 5.74) is -0.978. The van der Waals surface area contributed by atoms with E-state index in [2.05, 4.69) is 0 Å². The van der Waals surface area contributed by atoms with E-state index in [1.165, 1.54) is 6.07 Å². The molecular formula is C9H9F3OS. The van der Waals surface area contributed by atoms with Gasteiger partial charge in [-0.15, -0.1) is 11.3 Å². The third-order valence-corrected chi connectivity index (χ3v) is 3.85. The summed E-state index contributed by atoms with van der Waals surface area (Å²) in [6.07, 6.45) is -2.26. The Labute approximate surface area is 83.2 Å². The fraction of sp³-hybridized carbons (Fsp3) is 0.556. The molecule has 0 bridgehead atoms. The highest BCUT2D eigenvalue weighted by Gasteiger charge is 2.40. The largest absolute Gasteiger partial charge is 0.425 e. The van der Waals surface area contributed by atoms with Gasteiger partial charge >= 0.3 is 6.18 Å². The van der Waals surface area contributed by atoms with Crippen molar-refractivity contribution in [1.82, 2.24) is 0 Å². The Morgan fingerprint density at radius 1 is 1.29 bits per heavy atom. The van der Waals surface area contributed by atoms with Gasteiger partial charge < -0.3 is 5.11 Å². The lowest BCUT2D eigenvalue weighted by molar-refractivity contribution is -0.134. The summed E-state index contributed by atoms with van der Waals surface area (Å²) in [5, 5.41) is 9.80. The summed E-state index contributed by atoms with van der Waals surface area (Å²) < 4.78 is 36.7. The molecule has 1 aromatic heterocycles. The highest BCUT2D eigenvalue weighted by Crippen LogP contribution is 2.46. The molecule has 1 N–H and O–H groups in total. The summed E-state index contributed by atoms with van der Waals surface area (Å²) in [5.74, 6) is 0. The molecule has 1 aliphatic carbocycles. The van der Waals surface area contributed by atoms with E-state index in [0.717, 1.165) is 12.5 Å². The fourth-order valence-electron chi connectivity index (χ4n) is 1.50. The minimum Gasteiger partial charge on any atom is -0.384 e. The number of alkyl halides is 3. The van der Waals surface area contributed by atoms with Crippen LogP contribution in [0.5, 0.6) is 0 Å². The second-order valence-electron chi connectivity index (χ2n) is 3.55. The Kier molecular flexibility index (Phi) is 2.12. The maximum Gasteiger partial charge on any atom is 0.425 e. The molecule has 1 aromatic rings. The second-order valence-corrected chi connectivity index (χ2v) is 4.63. The van der Waals surface area contributed by atoms with Gasteiger partial charge in [-0.3, -0.25) is 0 Å². The Morgan fingerprint density at radius 2 is 1.93 bits per heavy atom. The van der Waals surface area contributed by atoms with Gasteiger partial charge in [-0.05, 0) is 31.4 Å². The molecule has 1 aliphatic rings. The first-order valence-corrected chi connectivity index (χ1v) is 5.13. The lowest BCUT2D eigenvalue weighted by atomic mass is 9.79. The maximum absolute atomic E-state index is 12.2. The predicted molar refractivity (Wildman–Crippen MR) is 47.1 cm³/mol. The Morgan fingerprint density at radius 3 is 2.29 bits per heavy atom. The number of thiophene rings is 1. The van der Waals surface area contributed by atoms with Gasteiger partial charge in [0.1, 0.15) is 4.88 Å². The molecule has 1 heterocycles. The van der Waals surface area contributed by atoms with E-state index in [1.807, 2.05) is 0 Å². The Balaban J connectivity index is 2.26. The quantitative estimate of drug-likeness (QED) is 0.774. The summed E-state index contributed by atoms with van der Waals surface area (Å²) in [7, 11) is 0. The molecule has 0 radical (unpaired) electrons. The number of hydrogen-bond donors (Lipinski definition) is 1. The molecule has 5 heteroatoms. The average Bonchev–Trinajstić information content (AvgIpc) is 2.46. The van der Waals surface area contributed by atoms with Crippen LogP contribution in [0, 0.1) is 0 Å². The van der Waals surface area contributed by atoms with Crippen LogP contribution >= 0.6 is 11.3 Å². The summed E-state index contributed by atoms with van der Waals surface area (Å²) >= 11 is 0.648. The third kappa shape index (κ3) is 1.54. The Hall–Kier alpha value is -0.550. The van der Waals surface area contributed by atoms with Crippen LogP contribution in [0.2, 0.25) is 0 Å². The monoisotopic (exact) mass is 222 g/mol. The zero-order chi connectivity index (χ0) is 10.4. The molecule has 0 unspecified atom stereocenters. The minimum atomic E-state index is -4.29. The minimum absolute atomic E-state index is 0.441. The average molecular weight is 222 g/mol. The summed E-state index contributed by atoms with van der Waals surface area (Å²) in [6.45, 7) is 0. The molecule has 0 atom stereocenters. The smallest absolute Gasteiger partial charge is 0.384 e. The van der Waals surface area contributed by atoms with E-state index in [9.17, 15) is 18.3 Å². The van der Waals surface area contributed by atoms with Gasteiger partial charge in [0.2, 0.25) is 0 Å². The van der Waals surface area contributed by atoms with Gasteiger partial charge in [0.05, 0.1) is 5.60 Å². The van der Waals surface area contributed by atoms with Crippen LogP contribution in [0.15, 0.2) is 12.1 Å². The van der Waals surface area contributed by atoms with Crippen LogP contribution in [0.1, 0.15) is 29.0 Å². The first kappa shape index (κ1) is 9.98. The van der Waals surface area contributed by atoms with E-state index in [0.29, 0.717) is 29.1 Å². The number of aliphatic hydroxyl groups is 1. The number of hydrogen-bond acceptors (Lipinski definition) is 2. The maximum atomic E-state index is 12.2. The molecule has 1 nitrogen and oxygen atoms in total. The first-order valence-electron chi connectivity index (χ1n) is 4.32. The molecule has 0 amide bonds. The van der Waals surface area contributed by atoms with Gasteiger partial charge in [0.25, 0.3) is 0 Å². The molecule has 0 saturated heterocycles. The van der Waals surface area contributed by atoms with Gasteiger partial charge in [-0.1, -0.05) is 0 Å². The van der Waals surface area contributed by atoms with Crippen LogP contribution in [0.4, 0.5) is 13.2 Å². The van der Waals surface area contributed by atoms with Crippen molar-refractivity contribution in [2.75, 3.05) is 0 Å². The zero-order valence-electron chi connectivity index (χ0n) is 7.27. The van der Waals surface area contributed by atoms with Crippen molar-refractivity contribution in [2.24, 2.45) is 0 Å². The highest BCUT2D eigenvalue weighted by atomic mass is 32.1. The topological polar surface area (TPSA) is 20.2 Å². The standard InChI is InChI=1S/C9H9F3OS/c10-9(11,12)7-3-2-6(14-7)8(13)4-1-5-8/h2-3,13H,1,4-5H2. The van der Waals surface area contributed by atoms with Crippen molar-refractivity contribution in [3.05, 3.63) is 21.9 Å². The molecule has 1 fully saturated rings. The SMILES string of the molecule is OC1(c2ccc(C(F)(F)F)s2)CCC1. The molecule has 2 rings (SSSR count). The summed E-state index contributed by atoms with van der Waals surface area (Å²) in [4.78, 5) is -0.191. The normalized spacial score (nSPS) is 20.6. The van der Waals surface area contributed by atoms with Gasteiger partial charge in [0.15, 0.2) is 0 Å². The van der Waals surface area contributed by atoms with Crippen molar-refractivity contribution in [2.45, 2.75) is 31.0 Å². The highest BCUT2D eigenvalue weighted by molar-refractivity contribution is 7.12. The van der Waals surface area contributed by atoms with Crippen molar-refractivity contribution in [3.8, 4) is 0 Å². The van der Waals surface area contributed by atoms with Crippen LogP contribution < -0.4 is 0 Å². The zero-order valence-corrected chi connectivity index (χ0v) is 8.08. The molecular weight excluding hydrogens is 213 g/mol. The van der Waals surface area contributed by atoms with Crippen LogP contribution in [-0.4, -0.2) is 5.11 Å². The van der Waals surface area contributed by atoms with Crippen LogP contribution in [-0.2, 0) is 11.8 Å². The first-order chi connectivity index (χ1) is 6.42. The van der Waals surface area contributed by atoms with Gasteiger partial charge in [-0.2, -0.15) is 13.2 Å². The second kappa shape index (κ2) is 2.97. The van der Waals surface area contributed by atoms with Gasteiger partial charge in [-0.25, -0.2) is 0 Å². The lowest BCUT2D eigenvalue weighted by Gasteiger charge is -2.35. The predicted octanol–water partition coefficient (Wildman–Crippen LogP) is 3.14. The van der Waals surface area contributed by atoms with Crippen molar-refractivity contribution in [1.29, 1.82) is 0 Å². The van der Waals surface area contributed by atoms with E-state index >= 15 is 0 Å². The van der Waals surface area contributed by atoms with Crippen molar-refractivity contribution >= 4 is 11.3 Å². The molecule has 0 aliphatic heterocycles. The summed E-state index contributed by atoms with van der Waals surface area (Å²) in [6, 6.07) is 2.42. The van der Waals surface area contributed by atoms with Crippen LogP contribution in [0.3, 0.4) is 0 Å². The van der Waals surface area contributed by atoms with E-state index in [-0.39, 0.29) is 0 Å². The molecule has 78 valence electrons. The van der Waals surface area contributed by atoms with Gasteiger partial charge in [0, 0.05) is 4.88 Å². The van der Waals surface area contributed by atoms with Crippen LogP contribution in [0.25, 0.3) is 0 Å². The third-order valence-electron chi connectivity index (χ3n) is 2.52. The lowest BCUT2D eigenvalue weighted by Crippen LogP contribution is -2.32.